The molecule has 1 saturated heterocycles. The zero-order chi connectivity index (χ0) is 12.3. The molecule has 0 bridgehead atoms. The molecule has 2 atom stereocenters. The van der Waals surface area contributed by atoms with Crippen LogP contribution in [0.1, 0.15) is 33.6 Å². The standard InChI is InChI=1S/C11H21NO4/c1-11(2,3)16-10(15)12-6-9(14)5-4-8(12)7-13/h8-9,13-14H,4-7H2,1-3H3/t8-,9-/m1/s1. The third kappa shape index (κ3) is 3.64. The predicted molar refractivity (Wildman–Crippen MR) is 59.1 cm³/mol. The number of amides is 1. The molecule has 0 aromatic heterocycles. The molecule has 0 radical (unpaired) electrons. The van der Waals surface area contributed by atoms with Crippen LogP contribution in [0.4, 0.5) is 4.79 Å². The van der Waals surface area contributed by atoms with Crippen molar-refractivity contribution >= 4 is 6.09 Å². The highest BCUT2D eigenvalue weighted by Gasteiger charge is 2.33. The molecule has 0 unspecified atom stereocenters. The lowest BCUT2D eigenvalue weighted by Gasteiger charge is -2.37. The molecule has 0 saturated carbocycles. The van der Waals surface area contributed by atoms with E-state index in [1.807, 2.05) is 0 Å². The Hall–Kier alpha value is -0.810. The number of hydrogen-bond acceptors (Lipinski definition) is 4. The lowest BCUT2D eigenvalue weighted by molar-refractivity contribution is -0.0223. The summed E-state index contributed by atoms with van der Waals surface area (Å²) in [5, 5.41) is 18.7. The fourth-order valence-corrected chi connectivity index (χ4v) is 1.74. The molecule has 1 rings (SSSR count). The fraction of sp³-hybridized carbons (Fsp3) is 0.909. The van der Waals surface area contributed by atoms with Gasteiger partial charge in [0.25, 0.3) is 0 Å². The monoisotopic (exact) mass is 231 g/mol. The predicted octanol–water partition coefficient (Wildman–Crippen LogP) is 0.739. The van der Waals surface area contributed by atoms with Gasteiger partial charge >= 0.3 is 6.09 Å². The molecule has 1 aliphatic rings. The van der Waals surface area contributed by atoms with E-state index >= 15 is 0 Å². The maximum atomic E-state index is 11.8. The Balaban J connectivity index is 2.63. The van der Waals surface area contributed by atoms with Crippen molar-refractivity contribution < 1.29 is 19.7 Å². The van der Waals surface area contributed by atoms with E-state index in [2.05, 4.69) is 0 Å². The Bertz CT molecular complexity index is 249. The van der Waals surface area contributed by atoms with E-state index in [-0.39, 0.29) is 19.2 Å². The van der Waals surface area contributed by atoms with Gasteiger partial charge in [0.05, 0.1) is 25.3 Å². The van der Waals surface area contributed by atoms with Crippen molar-refractivity contribution in [3.63, 3.8) is 0 Å². The number of β-amino-alcohol motifs (C(OH)–C–C–N with tert-alkyl or cyclic N) is 1. The van der Waals surface area contributed by atoms with Gasteiger partial charge in [0.1, 0.15) is 5.60 Å². The number of piperidine rings is 1. The van der Waals surface area contributed by atoms with Gasteiger partial charge in [-0.05, 0) is 33.6 Å². The molecule has 2 N–H and O–H groups in total. The number of nitrogens with zero attached hydrogens (tertiary/aromatic N) is 1. The Kier molecular flexibility index (Phi) is 4.15. The number of carbonyl (C=O) groups excluding carboxylic acids is 1. The van der Waals surface area contributed by atoms with Crippen molar-refractivity contribution in [2.75, 3.05) is 13.2 Å². The van der Waals surface area contributed by atoms with Crippen molar-refractivity contribution in [3.8, 4) is 0 Å². The van der Waals surface area contributed by atoms with E-state index in [1.54, 1.807) is 20.8 Å². The zero-order valence-corrected chi connectivity index (χ0v) is 10.1. The molecule has 94 valence electrons. The molecule has 1 aliphatic heterocycles. The number of aliphatic hydroxyl groups is 2. The van der Waals surface area contributed by atoms with Gasteiger partial charge < -0.3 is 19.8 Å². The lowest BCUT2D eigenvalue weighted by atomic mass is 10.0. The number of ether oxygens (including phenoxy) is 1. The SMILES string of the molecule is CC(C)(C)OC(=O)N1C[C@H](O)CC[C@@H]1CO. The highest BCUT2D eigenvalue weighted by molar-refractivity contribution is 5.68. The summed E-state index contributed by atoms with van der Waals surface area (Å²) in [4.78, 5) is 13.2. The van der Waals surface area contributed by atoms with Gasteiger partial charge in [-0.15, -0.1) is 0 Å². The van der Waals surface area contributed by atoms with E-state index in [0.717, 1.165) is 0 Å². The molecular weight excluding hydrogens is 210 g/mol. The molecule has 0 aromatic carbocycles. The average Bonchev–Trinajstić information content (AvgIpc) is 2.15. The number of carbonyl (C=O) groups is 1. The molecule has 0 aliphatic carbocycles. The van der Waals surface area contributed by atoms with Crippen LogP contribution in [-0.4, -0.2) is 52.1 Å². The minimum absolute atomic E-state index is 0.0913. The molecule has 1 heterocycles. The first-order chi connectivity index (χ1) is 7.33. The van der Waals surface area contributed by atoms with Gasteiger partial charge in [-0.2, -0.15) is 0 Å². The van der Waals surface area contributed by atoms with Crippen molar-refractivity contribution in [2.45, 2.75) is 51.4 Å². The first kappa shape index (κ1) is 13.3. The third-order valence-electron chi connectivity index (χ3n) is 2.52. The van der Waals surface area contributed by atoms with Crippen LogP contribution < -0.4 is 0 Å². The first-order valence-corrected chi connectivity index (χ1v) is 5.62. The van der Waals surface area contributed by atoms with E-state index in [9.17, 15) is 9.90 Å². The van der Waals surface area contributed by atoms with Gasteiger partial charge in [-0.25, -0.2) is 4.79 Å². The number of aliphatic hydroxyl groups excluding tert-OH is 2. The lowest BCUT2D eigenvalue weighted by Crippen LogP contribution is -2.51. The summed E-state index contributed by atoms with van der Waals surface area (Å²) >= 11 is 0. The van der Waals surface area contributed by atoms with Gasteiger partial charge in [0, 0.05) is 0 Å². The zero-order valence-electron chi connectivity index (χ0n) is 10.1. The Morgan fingerprint density at radius 1 is 1.44 bits per heavy atom. The topological polar surface area (TPSA) is 70.0 Å². The molecule has 5 heteroatoms. The smallest absolute Gasteiger partial charge is 0.410 e. The summed E-state index contributed by atoms with van der Waals surface area (Å²) < 4.78 is 5.22. The summed E-state index contributed by atoms with van der Waals surface area (Å²) in [6.45, 7) is 5.52. The van der Waals surface area contributed by atoms with E-state index < -0.39 is 17.8 Å². The number of hydrogen-bond donors (Lipinski definition) is 2. The number of likely N-dealkylation sites (tertiary alicyclic amines) is 1. The fourth-order valence-electron chi connectivity index (χ4n) is 1.74. The summed E-state index contributed by atoms with van der Waals surface area (Å²) in [5.74, 6) is 0. The van der Waals surface area contributed by atoms with Gasteiger partial charge in [0.15, 0.2) is 0 Å². The van der Waals surface area contributed by atoms with Crippen LogP contribution in [0.3, 0.4) is 0 Å². The minimum Gasteiger partial charge on any atom is -0.444 e. The summed E-state index contributed by atoms with van der Waals surface area (Å²) in [6.07, 6.45) is 0.238. The van der Waals surface area contributed by atoms with Crippen LogP contribution in [0.2, 0.25) is 0 Å². The van der Waals surface area contributed by atoms with Crippen molar-refractivity contribution in [3.05, 3.63) is 0 Å². The second kappa shape index (κ2) is 5.01. The molecular formula is C11H21NO4. The highest BCUT2D eigenvalue weighted by Crippen LogP contribution is 2.20. The van der Waals surface area contributed by atoms with Crippen LogP contribution in [0.25, 0.3) is 0 Å². The van der Waals surface area contributed by atoms with Gasteiger partial charge in [0.2, 0.25) is 0 Å². The summed E-state index contributed by atoms with van der Waals surface area (Å²) in [6, 6.07) is -0.238. The molecule has 1 amide bonds. The first-order valence-electron chi connectivity index (χ1n) is 5.62. The largest absolute Gasteiger partial charge is 0.444 e. The minimum atomic E-state index is -0.556. The Morgan fingerprint density at radius 3 is 2.56 bits per heavy atom. The maximum Gasteiger partial charge on any atom is 0.410 e. The van der Waals surface area contributed by atoms with Crippen LogP contribution in [-0.2, 0) is 4.74 Å². The summed E-state index contributed by atoms with van der Waals surface area (Å²) in [5.41, 5.74) is -0.556. The second-order valence-corrected chi connectivity index (χ2v) is 5.20. The van der Waals surface area contributed by atoms with Crippen LogP contribution in [0, 0.1) is 0 Å². The second-order valence-electron chi connectivity index (χ2n) is 5.20. The quantitative estimate of drug-likeness (QED) is 0.698. The van der Waals surface area contributed by atoms with E-state index in [4.69, 9.17) is 9.84 Å². The van der Waals surface area contributed by atoms with E-state index in [0.29, 0.717) is 12.8 Å². The molecule has 16 heavy (non-hydrogen) atoms. The van der Waals surface area contributed by atoms with Gasteiger partial charge in [-0.3, -0.25) is 0 Å². The Morgan fingerprint density at radius 2 is 2.06 bits per heavy atom. The van der Waals surface area contributed by atoms with E-state index in [1.165, 1.54) is 4.90 Å². The van der Waals surface area contributed by atoms with Crippen molar-refractivity contribution in [2.24, 2.45) is 0 Å². The molecule has 0 spiro atoms. The summed E-state index contributed by atoms with van der Waals surface area (Å²) in [7, 11) is 0. The highest BCUT2D eigenvalue weighted by atomic mass is 16.6. The van der Waals surface area contributed by atoms with Crippen molar-refractivity contribution in [1.82, 2.24) is 4.90 Å². The van der Waals surface area contributed by atoms with Crippen LogP contribution in [0.5, 0.6) is 0 Å². The third-order valence-corrected chi connectivity index (χ3v) is 2.52. The molecule has 0 aromatic rings. The van der Waals surface area contributed by atoms with Gasteiger partial charge in [-0.1, -0.05) is 0 Å². The average molecular weight is 231 g/mol. The normalized spacial score (nSPS) is 26.7. The molecule has 1 fully saturated rings. The Labute approximate surface area is 96.0 Å². The van der Waals surface area contributed by atoms with Crippen molar-refractivity contribution in [1.29, 1.82) is 0 Å². The number of rotatable bonds is 1. The maximum absolute atomic E-state index is 11.8. The van der Waals surface area contributed by atoms with Crippen LogP contribution in [0.15, 0.2) is 0 Å². The molecule has 5 nitrogen and oxygen atoms in total. The van der Waals surface area contributed by atoms with Crippen LogP contribution >= 0.6 is 0 Å².